The minimum Gasteiger partial charge on any atom is -0.354 e. The third-order valence-electron chi connectivity index (χ3n) is 4.54. The predicted octanol–water partition coefficient (Wildman–Crippen LogP) is 2.09. The van der Waals surface area contributed by atoms with Gasteiger partial charge in [0, 0.05) is 43.6 Å². The highest BCUT2D eigenvalue weighted by Gasteiger charge is 2.28. The van der Waals surface area contributed by atoms with E-state index >= 15 is 0 Å². The average molecular weight is 284 g/mol. The van der Waals surface area contributed by atoms with Crippen LogP contribution in [0.1, 0.15) is 13.8 Å². The molecule has 0 aliphatic carbocycles. The van der Waals surface area contributed by atoms with Crippen LogP contribution in [0.25, 0.3) is 10.9 Å². The zero-order valence-electron chi connectivity index (χ0n) is 12.9. The van der Waals surface area contributed by atoms with Gasteiger partial charge in [0.1, 0.15) is 5.82 Å². The Kier molecular flexibility index (Phi) is 3.83. The van der Waals surface area contributed by atoms with Crippen molar-refractivity contribution in [2.45, 2.75) is 19.4 Å². The topological polar surface area (TPSA) is 45.4 Å². The van der Waals surface area contributed by atoms with Crippen molar-refractivity contribution < 1.29 is 0 Å². The molecule has 0 bridgehead atoms. The number of piperazine rings is 1. The first kappa shape index (κ1) is 14.3. The summed E-state index contributed by atoms with van der Waals surface area (Å²) < 4.78 is 0. The van der Waals surface area contributed by atoms with Gasteiger partial charge in [-0.05, 0) is 32.0 Å². The molecule has 0 radical (unpaired) electrons. The number of hydrogen-bond donors (Lipinski definition) is 1. The number of nitrogens with two attached hydrogens (primary N) is 1. The van der Waals surface area contributed by atoms with E-state index in [4.69, 9.17) is 10.7 Å². The molecule has 1 aliphatic heterocycles. The van der Waals surface area contributed by atoms with Gasteiger partial charge in [0.15, 0.2) is 0 Å². The van der Waals surface area contributed by atoms with E-state index in [9.17, 15) is 0 Å². The number of hydrogen-bond acceptors (Lipinski definition) is 4. The van der Waals surface area contributed by atoms with Crippen LogP contribution >= 0.6 is 0 Å². The summed E-state index contributed by atoms with van der Waals surface area (Å²) in [5.41, 5.74) is 7.03. The molecule has 112 valence electrons. The van der Waals surface area contributed by atoms with Crippen molar-refractivity contribution in [3.05, 3.63) is 36.4 Å². The molecule has 0 atom stereocenters. The first-order valence-electron chi connectivity index (χ1n) is 7.66. The zero-order valence-corrected chi connectivity index (χ0v) is 12.9. The molecule has 0 unspecified atom stereocenters. The molecule has 0 amide bonds. The molecular formula is C17H24N4. The van der Waals surface area contributed by atoms with E-state index in [1.165, 1.54) is 5.39 Å². The third-order valence-corrected chi connectivity index (χ3v) is 4.54. The van der Waals surface area contributed by atoms with Crippen LogP contribution in [0.2, 0.25) is 0 Å². The van der Waals surface area contributed by atoms with Crippen LogP contribution in [-0.4, -0.2) is 48.1 Å². The second kappa shape index (κ2) is 5.62. The fraction of sp³-hybridized carbons (Fsp3) is 0.471. The SMILES string of the molecule is CC(C)(CN)N1CCN(c2ccc3ccccc3n2)CC1. The second-order valence-electron chi connectivity index (χ2n) is 6.35. The Bertz CT molecular complexity index is 615. The number of benzene rings is 1. The number of para-hydroxylation sites is 1. The molecule has 0 spiro atoms. The smallest absolute Gasteiger partial charge is 0.129 e. The van der Waals surface area contributed by atoms with Gasteiger partial charge in [-0.2, -0.15) is 0 Å². The quantitative estimate of drug-likeness (QED) is 0.937. The van der Waals surface area contributed by atoms with Crippen LogP contribution in [0.3, 0.4) is 0 Å². The molecular weight excluding hydrogens is 260 g/mol. The number of aromatic nitrogens is 1. The molecule has 1 fully saturated rings. The van der Waals surface area contributed by atoms with Crippen LogP contribution < -0.4 is 10.6 Å². The summed E-state index contributed by atoms with van der Waals surface area (Å²) >= 11 is 0. The molecule has 1 saturated heterocycles. The first-order chi connectivity index (χ1) is 10.1. The maximum Gasteiger partial charge on any atom is 0.129 e. The van der Waals surface area contributed by atoms with Gasteiger partial charge in [-0.1, -0.05) is 18.2 Å². The molecule has 4 nitrogen and oxygen atoms in total. The number of fused-ring (bicyclic) bond motifs is 1. The molecule has 2 N–H and O–H groups in total. The van der Waals surface area contributed by atoms with Crippen LogP contribution in [0.5, 0.6) is 0 Å². The molecule has 3 rings (SSSR count). The summed E-state index contributed by atoms with van der Waals surface area (Å²) in [6, 6.07) is 12.6. The fourth-order valence-corrected chi connectivity index (χ4v) is 2.90. The first-order valence-corrected chi connectivity index (χ1v) is 7.66. The zero-order chi connectivity index (χ0) is 14.9. The lowest BCUT2D eigenvalue weighted by atomic mass is 10.0. The van der Waals surface area contributed by atoms with Crippen molar-refractivity contribution in [3.8, 4) is 0 Å². The largest absolute Gasteiger partial charge is 0.354 e. The molecule has 4 heteroatoms. The average Bonchev–Trinajstić information content (AvgIpc) is 2.54. The summed E-state index contributed by atoms with van der Waals surface area (Å²) in [7, 11) is 0. The van der Waals surface area contributed by atoms with E-state index in [2.05, 4.69) is 54.0 Å². The molecule has 1 aliphatic rings. The molecule has 2 aromatic rings. The maximum absolute atomic E-state index is 5.88. The fourth-order valence-electron chi connectivity index (χ4n) is 2.90. The molecule has 1 aromatic carbocycles. The van der Waals surface area contributed by atoms with Gasteiger partial charge in [0.05, 0.1) is 5.52 Å². The van der Waals surface area contributed by atoms with Gasteiger partial charge in [-0.25, -0.2) is 4.98 Å². The van der Waals surface area contributed by atoms with Gasteiger partial charge >= 0.3 is 0 Å². The van der Waals surface area contributed by atoms with E-state index in [1.54, 1.807) is 0 Å². The lowest BCUT2D eigenvalue weighted by Gasteiger charge is -2.43. The number of anilines is 1. The van der Waals surface area contributed by atoms with Crippen molar-refractivity contribution in [3.63, 3.8) is 0 Å². The number of pyridine rings is 1. The van der Waals surface area contributed by atoms with E-state index in [1.807, 2.05) is 6.07 Å². The number of rotatable bonds is 3. The van der Waals surface area contributed by atoms with Crippen LogP contribution in [0, 0.1) is 0 Å². The van der Waals surface area contributed by atoms with Gasteiger partial charge in [-0.3, -0.25) is 4.90 Å². The van der Waals surface area contributed by atoms with Crippen molar-refractivity contribution in [1.82, 2.24) is 9.88 Å². The minimum atomic E-state index is 0.0862. The normalized spacial score (nSPS) is 17.4. The van der Waals surface area contributed by atoms with Crippen molar-refractivity contribution in [2.75, 3.05) is 37.6 Å². The summed E-state index contributed by atoms with van der Waals surface area (Å²) in [5.74, 6) is 1.08. The van der Waals surface area contributed by atoms with Gasteiger partial charge in [0.2, 0.25) is 0 Å². The third kappa shape index (κ3) is 2.87. The Morgan fingerprint density at radius 3 is 2.48 bits per heavy atom. The summed E-state index contributed by atoms with van der Waals surface area (Å²) in [6.07, 6.45) is 0. The van der Waals surface area contributed by atoms with E-state index in [0.29, 0.717) is 6.54 Å². The molecule has 2 heterocycles. The minimum absolute atomic E-state index is 0.0862. The molecule has 21 heavy (non-hydrogen) atoms. The molecule has 1 aromatic heterocycles. The lowest BCUT2D eigenvalue weighted by molar-refractivity contribution is 0.119. The predicted molar refractivity (Wildman–Crippen MR) is 88.7 cm³/mol. The Morgan fingerprint density at radius 1 is 1.05 bits per heavy atom. The van der Waals surface area contributed by atoms with Crippen molar-refractivity contribution in [1.29, 1.82) is 0 Å². The van der Waals surface area contributed by atoms with Gasteiger partial charge in [0.25, 0.3) is 0 Å². The number of nitrogens with zero attached hydrogens (tertiary/aromatic N) is 3. The Balaban J connectivity index is 1.73. The van der Waals surface area contributed by atoms with Crippen LogP contribution in [-0.2, 0) is 0 Å². The van der Waals surface area contributed by atoms with Crippen molar-refractivity contribution in [2.24, 2.45) is 5.73 Å². The standard InChI is InChI=1S/C17H24N4/c1-17(2,13-18)21-11-9-20(10-12-21)16-8-7-14-5-3-4-6-15(14)19-16/h3-8H,9-13,18H2,1-2H3. The van der Waals surface area contributed by atoms with E-state index in [0.717, 1.165) is 37.5 Å². The Hall–Kier alpha value is -1.65. The Labute approximate surface area is 126 Å². The summed E-state index contributed by atoms with van der Waals surface area (Å²) in [4.78, 5) is 9.64. The summed E-state index contributed by atoms with van der Waals surface area (Å²) in [6.45, 7) is 9.23. The highest BCUT2D eigenvalue weighted by molar-refractivity contribution is 5.80. The van der Waals surface area contributed by atoms with Crippen LogP contribution in [0.4, 0.5) is 5.82 Å². The van der Waals surface area contributed by atoms with Crippen molar-refractivity contribution >= 4 is 16.7 Å². The highest BCUT2D eigenvalue weighted by Crippen LogP contribution is 2.21. The molecule has 0 saturated carbocycles. The van der Waals surface area contributed by atoms with Gasteiger partial charge < -0.3 is 10.6 Å². The highest BCUT2D eigenvalue weighted by atomic mass is 15.3. The van der Waals surface area contributed by atoms with E-state index in [-0.39, 0.29) is 5.54 Å². The second-order valence-corrected chi connectivity index (χ2v) is 6.35. The van der Waals surface area contributed by atoms with Gasteiger partial charge in [-0.15, -0.1) is 0 Å². The lowest BCUT2D eigenvalue weighted by Crippen LogP contribution is -2.57. The summed E-state index contributed by atoms with van der Waals surface area (Å²) in [5, 5.41) is 1.20. The Morgan fingerprint density at radius 2 is 1.76 bits per heavy atom. The monoisotopic (exact) mass is 284 g/mol. The van der Waals surface area contributed by atoms with E-state index < -0.39 is 0 Å². The maximum atomic E-state index is 5.88. The van der Waals surface area contributed by atoms with Crippen LogP contribution in [0.15, 0.2) is 36.4 Å².